The zero-order valence-electron chi connectivity index (χ0n) is 12.0. The van der Waals surface area contributed by atoms with Gasteiger partial charge in [-0.15, -0.1) is 0 Å². The lowest BCUT2D eigenvalue weighted by atomic mass is 10.2. The van der Waals surface area contributed by atoms with Gasteiger partial charge in [0.15, 0.2) is 5.25 Å². The van der Waals surface area contributed by atoms with Crippen LogP contribution in [0.1, 0.15) is 41.0 Å². The fourth-order valence-electron chi connectivity index (χ4n) is 1.91. The van der Waals surface area contributed by atoms with Crippen LogP contribution < -0.4 is 4.72 Å². The van der Waals surface area contributed by atoms with Crippen molar-refractivity contribution >= 4 is 10.0 Å². The van der Waals surface area contributed by atoms with Crippen molar-refractivity contribution < 1.29 is 8.42 Å². The molecule has 0 aliphatic heterocycles. The van der Waals surface area contributed by atoms with E-state index in [1.54, 1.807) is 6.92 Å². The molecule has 0 bridgehead atoms. The third kappa shape index (κ3) is 5.34. The second-order valence-electron chi connectivity index (χ2n) is 4.89. The molecule has 0 aromatic heterocycles. The van der Waals surface area contributed by atoms with Crippen molar-refractivity contribution in [1.29, 1.82) is 5.26 Å². The van der Waals surface area contributed by atoms with Gasteiger partial charge in [0.25, 0.3) is 0 Å². The average Bonchev–Trinajstić information content (AvgIpc) is 2.24. The second-order valence-corrected chi connectivity index (χ2v) is 6.84. The molecule has 1 N–H and O–H groups in total. The van der Waals surface area contributed by atoms with E-state index < -0.39 is 15.3 Å². The van der Waals surface area contributed by atoms with Gasteiger partial charge in [-0.25, -0.2) is 13.1 Å². The summed E-state index contributed by atoms with van der Waals surface area (Å²) in [6.07, 6.45) is 0.309. The van der Waals surface area contributed by atoms with E-state index in [1.165, 1.54) is 0 Å². The predicted molar refractivity (Wildman–Crippen MR) is 73.6 cm³/mol. The van der Waals surface area contributed by atoms with Crippen molar-refractivity contribution in [3.8, 4) is 6.07 Å². The van der Waals surface area contributed by atoms with E-state index in [2.05, 4.69) is 37.3 Å². The highest BCUT2D eigenvalue weighted by Crippen LogP contribution is 2.05. The molecular formula is C12H25N3O2S. The highest BCUT2D eigenvalue weighted by molar-refractivity contribution is 7.90. The zero-order valence-corrected chi connectivity index (χ0v) is 12.8. The minimum absolute atomic E-state index is 0.309. The first-order valence-electron chi connectivity index (χ1n) is 6.40. The first-order chi connectivity index (χ1) is 8.26. The first-order valence-corrected chi connectivity index (χ1v) is 7.94. The molecule has 106 valence electrons. The number of nitriles is 1. The molecule has 0 saturated heterocycles. The van der Waals surface area contributed by atoms with Gasteiger partial charge in [0.05, 0.1) is 6.07 Å². The minimum Gasteiger partial charge on any atom is -0.297 e. The Labute approximate surface area is 111 Å². The molecule has 0 heterocycles. The summed E-state index contributed by atoms with van der Waals surface area (Å²) in [7, 11) is -3.51. The van der Waals surface area contributed by atoms with Crippen LogP contribution in [0.4, 0.5) is 0 Å². The molecule has 0 aliphatic carbocycles. The summed E-state index contributed by atoms with van der Waals surface area (Å²) in [6.45, 7) is 11.0. The van der Waals surface area contributed by atoms with Crippen molar-refractivity contribution in [1.82, 2.24) is 9.62 Å². The van der Waals surface area contributed by atoms with Crippen molar-refractivity contribution in [3.05, 3.63) is 0 Å². The molecule has 6 heteroatoms. The summed E-state index contributed by atoms with van der Waals surface area (Å²) in [5, 5.41) is 7.81. The van der Waals surface area contributed by atoms with Crippen LogP contribution in [0.15, 0.2) is 0 Å². The fourth-order valence-corrected chi connectivity index (χ4v) is 3.06. The van der Waals surface area contributed by atoms with Crippen LogP contribution in [0.25, 0.3) is 0 Å². The van der Waals surface area contributed by atoms with Crippen LogP contribution in [-0.2, 0) is 10.0 Å². The quantitative estimate of drug-likeness (QED) is 0.725. The summed E-state index contributed by atoms with van der Waals surface area (Å²) in [6, 6.07) is 2.55. The molecule has 0 rings (SSSR count). The molecule has 0 aromatic rings. The van der Waals surface area contributed by atoms with Crippen molar-refractivity contribution in [2.45, 2.75) is 58.4 Å². The van der Waals surface area contributed by atoms with Crippen LogP contribution in [-0.4, -0.2) is 43.7 Å². The molecule has 0 fully saturated rings. The van der Waals surface area contributed by atoms with Gasteiger partial charge in [0.1, 0.15) is 0 Å². The Hall–Kier alpha value is -0.640. The van der Waals surface area contributed by atoms with E-state index in [0.29, 0.717) is 31.6 Å². The van der Waals surface area contributed by atoms with Crippen LogP contribution in [0.5, 0.6) is 0 Å². The molecule has 1 unspecified atom stereocenters. The molecule has 0 amide bonds. The van der Waals surface area contributed by atoms with E-state index >= 15 is 0 Å². The number of hydrogen-bond acceptors (Lipinski definition) is 4. The molecule has 1 atom stereocenters. The molecule has 5 nitrogen and oxygen atoms in total. The third-order valence-electron chi connectivity index (χ3n) is 2.89. The Morgan fingerprint density at radius 2 is 1.72 bits per heavy atom. The second kappa shape index (κ2) is 7.72. The van der Waals surface area contributed by atoms with Gasteiger partial charge >= 0.3 is 0 Å². The van der Waals surface area contributed by atoms with Gasteiger partial charge < -0.3 is 0 Å². The Bertz CT molecular complexity index is 363. The summed E-state index contributed by atoms with van der Waals surface area (Å²) >= 11 is 0. The Kier molecular flexibility index (Phi) is 7.45. The summed E-state index contributed by atoms with van der Waals surface area (Å²) < 4.78 is 26.0. The largest absolute Gasteiger partial charge is 0.297 e. The number of nitrogens with one attached hydrogen (secondary N) is 1. The minimum atomic E-state index is -3.51. The molecule has 0 radical (unpaired) electrons. The highest BCUT2D eigenvalue weighted by atomic mass is 32.2. The number of hydrogen-bond donors (Lipinski definition) is 1. The molecule has 0 saturated carbocycles. The van der Waals surface area contributed by atoms with E-state index in [9.17, 15) is 8.42 Å². The van der Waals surface area contributed by atoms with Gasteiger partial charge in [-0.3, -0.25) is 4.90 Å². The maximum Gasteiger partial charge on any atom is 0.228 e. The lowest BCUT2D eigenvalue weighted by Gasteiger charge is -2.30. The van der Waals surface area contributed by atoms with Crippen molar-refractivity contribution in [2.24, 2.45) is 0 Å². The zero-order chi connectivity index (χ0) is 14.3. The maximum atomic E-state index is 11.8. The first kappa shape index (κ1) is 17.4. The molecule has 0 aromatic carbocycles. The number of nitrogens with zero attached hydrogens (tertiary/aromatic N) is 2. The summed E-state index contributed by atoms with van der Waals surface area (Å²) in [5.41, 5.74) is 0. The van der Waals surface area contributed by atoms with Crippen LogP contribution in [0.3, 0.4) is 0 Å². The van der Waals surface area contributed by atoms with Gasteiger partial charge in [0.2, 0.25) is 10.0 Å². The molecule has 18 heavy (non-hydrogen) atoms. The average molecular weight is 275 g/mol. The Morgan fingerprint density at radius 1 is 1.22 bits per heavy atom. The number of rotatable bonds is 8. The summed E-state index contributed by atoms with van der Waals surface area (Å²) in [4.78, 5) is 2.20. The smallest absolute Gasteiger partial charge is 0.228 e. The molecule has 0 spiro atoms. The standard InChI is InChI=1S/C12H25N3O2S/c1-6-12(9-13)18(16,17)14-7-8-15(10(2)3)11(4)5/h10-12,14H,6-8H2,1-5H3. The highest BCUT2D eigenvalue weighted by Gasteiger charge is 2.23. The van der Waals surface area contributed by atoms with Crippen LogP contribution in [0.2, 0.25) is 0 Å². The summed E-state index contributed by atoms with van der Waals surface area (Å²) in [5.74, 6) is 0. The van der Waals surface area contributed by atoms with Gasteiger partial charge in [-0.1, -0.05) is 6.92 Å². The van der Waals surface area contributed by atoms with E-state index in [1.807, 2.05) is 6.07 Å². The molecular weight excluding hydrogens is 250 g/mol. The van der Waals surface area contributed by atoms with Crippen LogP contribution >= 0.6 is 0 Å². The Morgan fingerprint density at radius 3 is 2.06 bits per heavy atom. The number of sulfonamides is 1. The topological polar surface area (TPSA) is 73.2 Å². The third-order valence-corrected chi connectivity index (χ3v) is 4.68. The van der Waals surface area contributed by atoms with E-state index in [4.69, 9.17) is 5.26 Å². The Balaban J connectivity index is 4.39. The van der Waals surface area contributed by atoms with Crippen molar-refractivity contribution in [2.75, 3.05) is 13.1 Å². The van der Waals surface area contributed by atoms with Gasteiger partial charge in [-0.2, -0.15) is 5.26 Å². The fraction of sp³-hybridized carbons (Fsp3) is 0.917. The SMILES string of the molecule is CCC(C#N)S(=O)(=O)NCCN(C(C)C)C(C)C. The van der Waals surface area contributed by atoms with E-state index in [0.717, 1.165) is 0 Å². The lowest BCUT2D eigenvalue weighted by Crippen LogP contribution is -2.44. The van der Waals surface area contributed by atoms with Crippen molar-refractivity contribution in [3.63, 3.8) is 0 Å². The van der Waals surface area contributed by atoms with Gasteiger partial charge in [0, 0.05) is 25.2 Å². The monoisotopic (exact) mass is 275 g/mol. The van der Waals surface area contributed by atoms with Gasteiger partial charge in [-0.05, 0) is 34.1 Å². The predicted octanol–water partition coefficient (Wildman–Crippen LogP) is 1.33. The normalized spacial score (nSPS) is 14.2. The molecule has 0 aliphatic rings. The lowest BCUT2D eigenvalue weighted by molar-refractivity contribution is 0.179. The van der Waals surface area contributed by atoms with Crippen LogP contribution in [0, 0.1) is 11.3 Å². The maximum absolute atomic E-state index is 11.8. The van der Waals surface area contributed by atoms with E-state index in [-0.39, 0.29) is 0 Å².